The number of nitrogens with zero attached hydrogens (tertiary/aromatic N) is 2. The van der Waals surface area contributed by atoms with Crippen molar-refractivity contribution in [3.8, 4) is 0 Å². The second kappa shape index (κ2) is 9.79. The normalized spacial score (nSPS) is 20.3. The SMILES string of the molecule is Cc1ccc(N2CCC2C(=O)NC(CC2CC2)C(=O)NC(CC(C)C)B(O)O)nc1. The number of amides is 2. The number of nitrogens with one attached hydrogen (secondary N) is 2. The Labute approximate surface area is 178 Å². The molecule has 0 radical (unpaired) electrons. The molecule has 1 aliphatic carbocycles. The van der Waals surface area contributed by atoms with Gasteiger partial charge in [0.05, 0.1) is 5.94 Å². The summed E-state index contributed by atoms with van der Waals surface area (Å²) in [6.07, 6.45) is 5.62. The van der Waals surface area contributed by atoms with Gasteiger partial charge in [-0.2, -0.15) is 0 Å². The second-order valence-corrected chi connectivity index (χ2v) is 9.09. The first-order chi connectivity index (χ1) is 14.2. The lowest BCUT2D eigenvalue weighted by atomic mass is 9.75. The van der Waals surface area contributed by atoms with Crippen LogP contribution in [0, 0.1) is 18.8 Å². The number of aromatic nitrogens is 1. The van der Waals surface area contributed by atoms with Gasteiger partial charge in [0.1, 0.15) is 17.9 Å². The fraction of sp³-hybridized carbons (Fsp3) is 0.667. The number of rotatable bonds is 10. The van der Waals surface area contributed by atoms with Gasteiger partial charge in [-0.25, -0.2) is 4.98 Å². The first-order valence-electron chi connectivity index (χ1n) is 10.9. The van der Waals surface area contributed by atoms with Gasteiger partial charge in [-0.3, -0.25) is 9.59 Å². The quantitative estimate of drug-likeness (QED) is 0.420. The lowest BCUT2D eigenvalue weighted by Gasteiger charge is -2.41. The Bertz CT molecular complexity index is 739. The molecule has 1 aromatic rings. The summed E-state index contributed by atoms with van der Waals surface area (Å²) in [6, 6.07) is 2.85. The van der Waals surface area contributed by atoms with Gasteiger partial charge >= 0.3 is 7.12 Å². The maximum absolute atomic E-state index is 12.9. The van der Waals surface area contributed by atoms with E-state index in [1.54, 1.807) is 6.20 Å². The van der Waals surface area contributed by atoms with Crippen molar-refractivity contribution in [2.45, 2.75) is 70.9 Å². The van der Waals surface area contributed by atoms with Crippen molar-refractivity contribution < 1.29 is 19.6 Å². The Morgan fingerprint density at radius 2 is 1.97 bits per heavy atom. The fourth-order valence-corrected chi connectivity index (χ4v) is 3.80. The predicted molar refractivity (Wildman–Crippen MR) is 116 cm³/mol. The van der Waals surface area contributed by atoms with Crippen molar-refractivity contribution in [3.05, 3.63) is 23.9 Å². The Morgan fingerprint density at radius 1 is 1.23 bits per heavy atom. The minimum absolute atomic E-state index is 0.186. The molecule has 2 fully saturated rings. The summed E-state index contributed by atoms with van der Waals surface area (Å²) in [4.78, 5) is 32.2. The molecule has 2 aliphatic rings. The standard InChI is InChI=1S/C21H33BN4O4/c1-13(2)10-18(22(29)30)25-20(27)16(11-15-5-6-15)24-21(28)17-8-9-26(17)19-7-4-14(3)12-23-19/h4,7,12-13,15-18,29-30H,5-6,8-11H2,1-3H3,(H,24,28)(H,25,27). The van der Waals surface area contributed by atoms with E-state index in [4.69, 9.17) is 0 Å². The van der Waals surface area contributed by atoms with Gasteiger partial charge in [0.2, 0.25) is 11.8 Å². The van der Waals surface area contributed by atoms with Crippen LogP contribution in [0.25, 0.3) is 0 Å². The molecule has 3 rings (SSSR count). The molecule has 1 aliphatic heterocycles. The smallest absolute Gasteiger partial charge is 0.426 e. The third kappa shape index (κ3) is 5.95. The number of carbonyl (C=O) groups is 2. The molecule has 2 amide bonds. The van der Waals surface area contributed by atoms with Crippen LogP contribution in [-0.2, 0) is 9.59 Å². The molecular formula is C21H33BN4O4. The Kier molecular flexibility index (Phi) is 7.36. The molecule has 0 spiro atoms. The molecule has 3 unspecified atom stereocenters. The maximum Gasteiger partial charge on any atom is 0.475 e. The Balaban J connectivity index is 1.63. The molecule has 1 saturated heterocycles. The summed E-state index contributed by atoms with van der Waals surface area (Å²) in [5.41, 5.74) is 1.06. The second-order valence-electron chi connectivity index (χ2n) is 9.09. The third-order valence-electron chi connectivity index (χ3n) is 5.82. The summed E-state index contributed by atoms with van der Waals surface area (Å²) < 4.78 is 0. The zero-order chi connectivity index (χ0) is 21.8. The monoisotopic (exact) mass is 416 g/mol. The van der Waals surface area contributed by atoms with Crippen molar-refractivity contribution in [3.63, 3.8) is 0 Å². The third-order valence-corrected chi connectivity index (χ3v) is 5.82. The van der Waals surface area contributed by atoms with Gasteiger partial charge in [-0.05, 0) is 49.7 Å². The highest BCUT2D eigenvalue weighted by Gasteiger charge is 2.39. The van der Waals surface area contributed by atoms with Crippen LogP contribution in [0.4, 0.5) is 5.82 Å². The highest BCUT2D eigenvalue weighted by molar-refractivity contribution is 6.43. The number of hydrogen-bond donors (Lipinski definition) is 4. The van der Waals surface area contributed by atoms with Gasteiger partial charge in [0, 0.05) is 12.7 Å². The molecule has 9 heteroatoms. The summed E-state index contributed by atoms with van der Waals surface area (Å²) in [6.45, 7) is 6.62. The van der Waals surface area contributed by atoms with E-state index in [1.807, 2.05) is 37.8 Å². The molecule has 0 aromatic carbocycles. The number of anilines is 1. The summed E-state index contributed by atoms with van der Waals surface area (Å²) in [7, 11) is -1.64. The van der Waals surface area contributed by atoms with Crippen molar-refractivity contribution in [1.82, 2.24) is 15.6 Å². The highest BCUT2D eigenvalue weighted by atomic mass is 16.4. The van der Waals surface area contributed by atoms with E-state index >= 15 is 0 Å². The van der Waals surface area contributed by atoms with Crippen LogP contribution in [0.1, 0.15) is 51.5 Å². The van der Waals surface area contributed by atoms with Crippen molar-refractivity contribution in [2.75, 3.05) is 11.4 Å². The molecule has 164 valence electrons. The summed E-state index contributed by atoms with van der Waals surface area (Å²) >= 11 is 0. The Morgan fingerprint density at radius 3 is 2.47 bits per heavy atom. The van der Waals surface area contributed by atoms with Crippen LogP contribution in [0.3, 0.4) is 0 Å². The summed E-state index contributed by atoms with van der Waals surface area (Å²) in [5, 5.41) is 24.9. The molecule has 3 atom stereocenters. The number of hydrogen-bond acceptors (Lipinski definition) is 6. The zero-order valence-corrected chi connectivity index (χ0v) is 18.0. The number of carbonyl (C=O) groups excluding carboxylic acids is 2. The van der Waals surface area contributed by atoms with Gasteiger partial charge in [-0.1, -0.05) is 32.8 Å². The van der Waals surface area contributed by atoms with Gasteiger partial charge in [0.25, 0.3) is 0 Å². The van der Waals surface area contributed by atoms with E-state index in [2.05, 4.69) is 15.6 Å². The lowest BCUT2D eigenvalue weighted by Crippen LogP contribution is -2.61. The van der Waals surface area contributed by atoms with Crippen LogP contribution in [0.15, 0.2) is 18.3 Å². The summed E-state index contributed by atoms with van der Waals surface area (Å²) in [5.74, 6) is 0.0883. The molecular weight excluding hydrogens is 383 g/mol. The number of aryl methyl sites for hydroxylation is 1. The van der Waals surface area contributed by atoms with E-state index in [0.717, 1.165) is 30.8 Å². The van der Waals surface area contributed by atoms with Crippen molar-refractivity contribution >= 4 is 24.8 Å². The van der Waals surface area contributed by atoms with Crippen LogP contribution < -0.4 is 15.5 Å². The highest BCUT2D eigenvalue weighted by Crippen LogP contribution is 2.34. The largest absolute Gasteiger partial charge is 0.475 e. The molecule has 8 nitrogen and oxygen atoms in total. The molecule has 1 saturated carbocycles. The van der Waals surface area contributed by atoms with Crippen LogP contribution in [-0.4, -0.2) is 58.5 Å². The minimum Gasteiger partial charge on any atom is -0.426 e. The first kappa shape index (κ1) is 22.6. The van der Waals surface area contributed by atoms with Crippen molar-refractivity contribution in [2.24, 2.45) is 11.8 Å². The van der Waals surface area contributed by atoms with E-state index in [9.17, 15) is 19.6 Å². The van der Waals surface area contributed by atoms with Gasteiger partial charge in [-0.15, -0.1) is 0 Å². The molecule has 30 heavy (non-hydrogen) atoms. The zero-order valence-electron chi connectivity index (χ0n) is 18.0. The maximum atomic E-state index is 12.9. The van der Waals surface area contributed by atoms with Crippen LogP contribution in [0.5, 0.6) is 0 Å². The van der Waals surface area contributed by atoms with E-state index < -0.39 is 19.1 Å². The molecule has 1 aromatic heterocycles. The average Bonchev–Trinajstić information content (AvgIpc) is 3.45. The fourth-order valence-electron chi connectivity index (χ4n) is 3.80. The topological polar surface area (TPSA) is 115 Å². The molecule has 0 bridgehead atoms. The van der Waals surface area contributed by atoms with Crippen LogP contribution in [0.2, 0.25) is 0 Å². The average molecular weight is 416 g/mol. The van der Waals surface area contributed by atoms with Gasteiger partial charge in [0.15, 0.2) is 0 Å². The number of pyridine rings is 1. The first-order valence-corrected chi connectivity index (χ1v) is 10.9. The van der Waals surface area contributed by atoms with Crippen LogP contribution >= 0.6 is 0 Å². The van der Waals surface area contributed by atoms with Gasteiger partial charge < -0.3 is 25.6 Å². The van der Waals surface area contributed by atoms with E-state index in [0.29, 0.717) is 25.2 Å². The predicted octanol–water partition coefficient (Wildman–Crippen LogP) is 0.797. The van der Waals surface area contributed by atoms with E-state index in [-0.39, 0.29) is 23.8 Å². The molecule has 4 N–H and O–H groups in total. The lowest BCUT2D eigenvalue weighted by molar-refractivity contribution is -0.130. The molecule has 2 heterocycles. The minimum atomic E-state index is -1.64. The van der Waals surface area contributed by atoms with Crippen molar-refractivity contribution in [1.29, 1.82) is 0 Å². The van der Waals surface area contributed by atoms with E-state index in [1.165, 1.54) is 0 Å². The Hall–Kier alpha value is -2.13.